The van der Waals surface area contributed by atoms with E-state index in [-0.39, 0.29) is 5.04 Å². The molecule has 0 atom stereocenters. The van der Waals surface area contributed by atoms with Crippen LogP contribution in [0.2, 0.25) is 23.2 Å². The van der Waals surface area contributed by atoms with E-state index in [4.69, 9.17) is 16.0 Å². The molecule has 3 heteroatoms. The Kier molecular flexibility index (Phi) is 3.75. The molecule has 0 fully saturated rings. The molecular weight excluding hydrogens is 236 g/mol. The van der Waals surface area contributed by atoms with Crippen LogP contribution in [0.4, 0.5) is 0 Å². The van der Waals surface area contributed by atoms with Crippen molar-refractivity contribution in [3.8, 4) is 5.75 Å². The largest absolute Gasteiger partial charge is 0.543 e. The highest BCUT2D eigenvalue weighted by Crippen LogP contribution is 2.39. The van der Waals surface area contributed by atoms with E-state index in [1.54, 1.807) is 0 Å². The van der Waals surface area contributed by atoms with Crippen LogP contribution in [-0.2, 0) is 0 Å². The monoisotopic (exact) mass is 256 g/mol. The first-order chi connectivity index (χ1) is 7.13. The molecule has 1 nitrogen and oxygen atoms in total. The molecule has 0 saturated heterocycles. The van der Waals surface area contributed by atoms with Crippen molar-refractivity contribution < 1.29 is 4.43 Å². The summed E-state index contributed by atoms with van der Waals surface area (Å²) in [4.78, 5) is 0. The van der Waals surface area contributed by atoms with E-state index in [0.717, 1.165) is 5.75 Å². The summed E-state index contributed by atoms with van der Waals surface area (Å²) in [5.74, 6) is 0.827. The molecule has 0 saturated carbocycles. The summed E-state index contributed by atoms with van der Waals surface area (Å²) in [5.41, 5.74) is 1.18. The average molecular weight is 257 g/mol. The Morgan fingerprint density at radius 1 is 1.19 bits per heavy atom. The van der Waals surface area contributed by atoms with E-state index < -0.39 is 8.32 Å². The Hall–Kier alpha value is -0.473. The van der Waals surface area contributed by atoms with Gasteiger partial charge in [-0.15, -0.1) is 0 Å². The van der Waals surface area contributed by atoms with Crippen molar-refractivity contribution in [3.05, 3.63) is 28.8 Å². The molecule has 0 unspecified atom stereocenters. The summed E-state index contributed by atoms with van der Waals surface area (Å²) in [5, 5.41) is 0.899. The molecule has 0 radical (unpaired) electrons. The van der Waals surface area contributed by atoms with Crippen LogP contribution in [0.25, 0.3) is 0 Å². The maximum Gasteiger partial charge on any atom is 0.250 e. The van der Waals surface area contributed by atoms with Crippen molar-refractivity contribution in [3.63, 3.8) is 0 Å². The fourth-order valence-electron chi connectivity index (χ4n) is 1.12. The summed E-state index contributed by atoms with van der Waals surface area (Å²) in [6, 6.07) is 5.92. The first kappa shape index (κ1) is 13.6. The fraction of sp³-hybridized carbons (Fsp3) is 0.538. The Labute approximate surface area is 105 Å². The molecule has 90 valence electrons. The van der Waals surface area contributed by atoms with Gasteiger partial charge in [0.15, 0.2) is 0 Å². The van der Waals surface area contributed by atoms with Crippen LogP contribution in [0.5, 0.6) is 5.75 Å². The van der Waals surface area contributed by atoms with E-state index in [9.17, 15) is 0 Å². The van der Waals surface area contributed by atoms with E-state index in [2.05, 4.69) is 40.8 Å². The Morgan fingerprint density at radius 3 is 2.25 bits per heavy atom. The molecular formula is C13H21ClOSi. The second kappa shape index (κ2) is 4.42. The zero-order valence-electron chi connectivity index (χ0n) is 11.0. The number of rotatable bonds is 2. The van der Waals surface area contributed by atoms with Crippen LogP contribution in [0.15, 0.2) is 18.2 Å². The lowest BCUT2D eigenvalue weighted by atomic mass is 10.2. The lowest BCUT2D eigenvalue weighted by molar-refractivity contribution is 0.492. The third-order valence-electron chi connectivity index (χ3n) is 3.26. The van der Waals surface area contributed by atoms with Gasteiger partial charge in [-0.25, -0.2) is 0 Å². The Balaban J connectivity index is 3.01. The fourth-order valence-corrected chi connectivity index (χ4v) is 2.36. The Morgan fingerprint density at radius 2 is 1.75 bits per heavy atom. The van der Waals surface area contributed by atoms with Crippen LogP contribution < -0.4 is 4.43 Å². The predicted octanol–water partition coefficient (Wildman–Crippen LogP) is 5.03. The van der Waals surface area contributed by atoms with E-state index >= 15 is 0 Å². The van der Waals surface area contributed by atoms with Crippen LogP contribution in [-0.4, -0.2) is 8.32 Å². The lowest BCUT2D eigenvalue weighted by Crippen LogP contribution is -2.43. The number of aryl methyl sites for hydroxylation is 1. The van der Waals surface area contributed by atoms with Crippen molar-refractivity contribution in [2.75, 3.05) is 0 Å². The quantitative estimate of drug-likeness (QED) is 0.674. The van der Waals surface area contributed by atoms with Crippen molar-refractivity contribution >= 4 is 19.9 Å². The van der Waals surface area contributed by atoms with Crippen molar-refractivity contribution in [2.45, 2.75) is 45.8 Å². The van der Waals surface area contributed by atoms with Gasteiger partial charge in [-0.05, 0) is 42.8 Å². The molecule has 1 aromatic carbocycles. The molecule has 1 rings (SSSR count). The molecule has 0 aliphatic rings. The van der Waals surface area contributed by atoms with Gasteiger partial charge in [-0.1, -0.05) is 38.4 Å². The zero-order valence-corrected chi connectivity index (χ0v) is 12.8. The smallest absolute Gasteiger partial charge is 0.250 e. The van der Waals surface area contributed by atoms with Gasteiger partial charge in [-0.2, -0.15) is 0 Å². The standard InChI is InChI=1S/C13H21ClOSi/c1-10-7-8-11(14)12(9-10)15-16(5,6)13(2,3)4/h7-9H,1-6H3. The second-order valence-corrected chi connectivity index (χ2v) is 10.9. The molecule has 1 aromatic rings. The minimum atomic E-state index is -1.78. The summed E-state index contributed by atoms with van der Waals surface area (Å²) in [6.45, 7) is 13.2. The molecule has 0 spiro atoms. The van der Waals surface area contributed by atoms with Gasteiger partial charge in [0.1, 0.15) is 5.75 Å². The second-order valence-electron chi connectivity index (χ2n) is 5.80. The molecule has 0 N–H and O–H groups in total. The topological polar surface area (TPSA) is 9.23 Å². The number of hydrogen-bond acceptors (Lipinski definition) is 1. The molecule has 0 aromatic heterocycles. The normalized spacial score (nSPS) is 12.7. The Bertz CT molecular complexity index is 380. The van der Waals surface area contributed by atoms with Gasteiger partial charge in [0.25, 0.3) is 8.32 Å². The molecule has 0 amide bonds. The molecule has 16 heavy (non-hydrogen) atoms. The molecule has 0 aliphatic carbocycles. The van der Waals surface area contributed by atoms with Crippen molar-refractivity contribution in [1.29, 1.82) is 0 Å². The SMILES string of the molecule is Cc1ccc(Cl)c(O[Si](C)(C)C(C)(C)C)c1. The molecule has 0 heterocycles. The van der Waals surface area contributed by atoms with E-state index in [1.165, 1.54) is 5.56 Å². The minimum Gasteiger partial charge on any atom is -0.543 e. The molecule has 0 bridgehead atoms. The van der Waals surface area contributed by atoms with Crippen LogP contribution >= 0.6 is 11.6 Å². The highest BCUT2D eigenvalue weighted by atomic mass is 35.5. The molecule has 0 aliphatic heterocycles. The number of hydrogen-bond donors (Lipinski definition) is 0. The third-order valence-corrected chi connectivity index (χ3v) is 7.91. The van der Waals surface area contributed by atoms with Gasteiger partial charge in [0, 0.05) is 0 Å². The van der Waals surface area contributed by atoms with Gasteiger partial charge >= 0.3 is 0 Å². The maximum absolute atomic E-state index is 6.18. The maximum atomic E-state index is 6.18. The van der Waals surface area contributed by atoms with Crippen LogP contribution in [0.1, 0.15) is 26.3 Å². The summed E-state index contributed by atoms with van der Waals surface area (Å²) < 4.78 is 6.18. The van der Waals surface area contributed by atoms with Crippen molar-refractivity contribution in [1.82, 2.24) is 0 Å². The summed E-state index contributed by atoms with van der Waals surface area (Å²) >= 11 is 6.15. The van der Waals surface area contributed by atoms with Gasteiger partial charge < -0.3 is 4.43 Å². The van der Waals surface area contributed by atoms with Gasteiger partial charge in [-0.3, -0.25) is 0 Å². The summed E-state index contributed by atoms with van der Waals surface area (Å²) in [6.07, 6.45) is 0. The van der Waals surface area contributed by atoms with Gasteiger partial charge in [0.05, 0.1) is 5.02 Å². The van der Waals surface area contributed by atoms with Crippen LogP contribution in [0.3, 0.4) is 0 Å². The minimum absolute atomic E-state index is 0.195. The van der Waals surface area contributed by atoms with E-state index in [0.29, 0.717) is 5.02 Å². The first-order valence-electron chi connectivity index (χ1n) is 5.59. The van der Waals surface area contributed by atoms with Crippen molar-refractivity contribution in [2.24, 2.45) is 0 Å². The number of benzene rings is 1. The summed E-state index contributed by atoms with van der Waals surface area (Å²) in [7, 11) is -1.78. The van der Waals surface area contributed by atoms with E-state index in [1.807, 2.05) is 18.2 Å². The van der Waals surface area contributed by atoms with Crippen LogP contribution in [0, 0.1) is 6.92 Å². The van der Waals surface area contributed by atoms with Gasteiger partial charge in [0.2, 0.25) is 0 Å². The predicted molar refractivity (Wildman–Crippen MR) is 74.0 cm³/mol. The number of halogens is 1. The lowest BCUT2D eigenvalue weighted by Gasteiger charge is -2.36. The zero-order chi connectivity index (χ0) is 12.6. The first-order valence-corrected chi connectivity index (χ1v) is 8.87. The highest BCUT2D eigenvalue weighted by Gasteiger charge is 2.39. The third kappa shape index (κ3) is 3.02. The average Bonchev–Trinajstić information content (AvgIpc) is 2.09. The highest BCUT2D eigenvalue weighted by molar-refractivity contribution is 6.74.